The van der Waals surface area contributed by atoms with Gasteiger partial charge in [0.2, 0.25) is 0 Å². The number of nitrogens with two attached hydrogens (primary N) is 1. The third-order valence-corrected chi connectivity index (χ3v) is 5.50. The molecule has 0 saturated carbocycles. The molecule has 5 heteroatoms. The molecule has 2 fully saturated rings. The summed E-state index contributed by atoms with van der Waals surface area (Å²) in [7, 11) is 2.27. The minimum absolute atomic E-state index is 0.386. The van der Waals surface area contributed by atoms with Crippen molar-refractivity contribution in [3.8, 4) is 0 Å². The zero-order valence-corrected chi connectivity index (χ0v) is 13.9. The van der Waals surface area contributed by atoms with Gasteiger partial charge in [-0.25, -0.2) is 0 Å². The summed E-state index contributed by atoms with van der Waals surface area (Å²) in [5.74, 6) is 0. The predicted molar refractivity (Wildman–Crippen MR) is 93.2 cm³/mol. The minimum atomic E-state index is 0.386. The predicted octanol–water partition coefficient (Wildman–Crippen LogP) is 3.40. The van der Waals surface area contributed by atoms with Crippen molar-refractivity contribution in [1.29, 1.82) is 0 Å². The van der Waals surface area contributed by atoms with Crippen LogP contribution in [0.1, 0.15) is 37.7 Å². The lowest BCUT2D eigenvalue weighted by atomic mass is 9.82. The number of nitrogens with zero attached hydrogens (tertiary/aromatic N) is 1. The molecule has 2 aliphatic heterocycles. The summed E-state index contributed by atoms with van der Waals surface area (Å²) in [5.41, 5.74) is 7.45. The molecule has 3 nitrogen and oxygen atoms in total. The summed E-state index contributed by atoms with van der Waals surface area (Å²) >= 11 is 11.3. The number of nitrogens with one attached hydrogen (secondary N) is 1. The Morgan fingerprint density at radius 2 is 2.00 bits per heavy atom. The quantitative estimate of drug-likeness (QED) is 0.837. The van der Waals surface area contributed by atoms with Gasteiger partial charge in [-0.15, -0.1) is 0 Å². The van der Waals surface area contributed by atoms with E-state index >= 15 is 0 Å². The van der Waals surface area contributed by atoms with E-state index in [0.29, 0.717) is 28.1 Å². The number of thiocarbonyl (C=S) groups is 1. The normalized spacial score (nSPS) is 29.1. The van der Waals surface area contributed by atoms with Gasteiger partial charge in [-0.3, -0.25) is 0 Å². The van der Waals surface area contributed by atoms with Gasteiger partial charge in [-0.1, -0.05) is 30.2 Å². The van der Waals surface area contributed by atoms with Gasteiger partial charge in [-0.05, 0) is 50.9 Å². The number of halogens is 1. The molecule has 0 aromatic heterocycles. The second kappa shape index (κ2) is 6.11. The van der Waals surface area contributed by atoms with Gasteiger partial charge in [0.1, 0.15) is 4.99 Å². The lowest BCUT2D eigenvalue weighted by Gasteiger charge is -2.47. The Hall–Kier alpha value is -0.840. The highest BCUT2D eigenvalue weighted by Crippen LogP contribution is 2.35. The van der Waals surface area contributed by atoms with Crippen molar-refractivity contribution in [2.75, 3.05) is 12.4 Å². The number of hydrogen-bond acceptors (Lipinski definition) is 3. The van der Waals surface area contributed by atoms with E-state index in [1.54, 1.807) is 0 Å². The molecule has 3 rings (SSSR count). The van der Waals surface area contributed by atoms with E-state index in [9.17, 15) is 0 Å². The molecule has 0 amide bonds. The van der Waals surface area contributed by atoms with Crippen molar-refractivity contribution in [2.24, 2.45) is 5.73 Å². The summed E-state index contributed by atoms with van der Waals surface area (Å²) in [5, 5.41) is 4.32. The monoisotopic (exact) mass is 323 g/mol. The van der Waals surface area contributed by atoms with Crippen LogP contribution in [0.15, 0.2) is 18.2 Å². The van der Waals surface area contributed by atoms with Gasteiger partial charge >= 0.3 is 0 Å². The first-order chi connectivity index (χ1) is 10.0. The van der Waals surface area contributed by atoms with Crippen LogP contribution in [0, 0.1) is 0 Å². The number of benzene rings is 1. The molecule has 2 unspecified atom stereocenters. The largest absolute Gasteiger partial charge is 0.389 e. The van der Waals surface area contributed by atoms with Gasteiger partial charge in [0, 0.05) is 23.7 Å². The number of rotatable bonds is 3. The molecule has 3 N–H and O–H groups in total. The Morgan fingerprint density at radius 1 is 1.33 bits per heavy atom. The zero-order chi connectivity index (χ0) is 15.0. The van der Waals surface area contributed by atoms with Crippen LogP contribution in [0.3, 0.4) is 0 Å². The molecule has 21 heavy (non-hydrogen) atoms. The summed E-state index contributed by atoms with van der Waals surface area (Å²) < 4.78 is 0. The summed E-state index contributed by atoms with van der Waals surface area (Å²) in [6, 6.07) is 7.71. The van der Waals surface area contributed by atoms with Crippen molar-refractivity contribution >= 4 is 34.5 Å². The molecule has 2 atom stereocenters. The van der Waals surface area contributed by atoms with Crippen molar-refractivity contribution < 1.29 is 0 Å². The smallest absolute Gasteiger partial charge is 0.104 e. The third-order valence-electron chi connectivity index (χ3n) is 4.95. The second-order valence-electron chi connectivity index (χ2n) is 6.28. The molecule has 0 aliphatic carbocycles. The molecular weight excluding hydrogens is 302 g/mol. The maximum absolute atomic E-state index is 6.35. The first-order valence-corrected chi connectivity index (χ1v) is 8.41. The fourth-order valence-electron chi connectivity index (χ4n) is 3.74. The van der Waals surface area contributed by atoms with Crippen LogP contribution in [0.4, 0.5) is 5.69 Å². The molecule has 2 aliphatic rings. The van der Waals surface area contributed by atoms with E-state index in [0.717, 1.165) is 11.3 Å². The number of fused-ring (bicyclic) bond motifs is 2. The summed E-state index contributed by atoms with van der Waals surface area (Å²) in [4.78, 5) is 2.96. The molecule has 2 saturated heterocycles. The topological polar surface area (TPSA) is 41.3 Å². The highest BCUT2D eigenvalue weighted by molar-refractivity contribution is 7.80. The third kappa shape index (κ3) is 3.17. The molecule has 2 bridgehead atoms. The maximum Gasteiger partial charge on any atom is 0.104 e. The highest BCUT2D eigenvalue weighted by Gasteiger charge is 2.35. The lowest BCUT2D eigenvalue weighted by molar-refractivity contribution is 0.0608. The average molecular weight is 324 g/mol. The first-order valence-electron chi connectivity index (χ1n) is 7.62. The number of anilines is 1. The molecule has 1 aromatic rings. The molecule has 1 aromatic carbocycles. The van der Waals surface area contributed by atoms with Crippen LogP contribution in [0.25, 0.3) is 0 Å². The molecule has 0 radical (unpaired) electrons. The van der Waals surface area contributed by atoms with Crippen LogP contribution >= 0.6 is 23.8 Å². The van der Waals surface area contributed by atoms with Gasteiger partial charge in [0.15, 0.2) is 0 Å². The van der Waals surface area contributed by atoms with E-state index in [1.165, 1.54) is 32.1 Å². The Bertz CT molecular complexity index is 534. The van der Waals surface area contributed by atoms with Crippen LogP contribution in [0.2, 0.25) is 5.02 Å². The molecular formula is C16H22ClN3S. The van der Waals surface area contributed by atoms with Crippen LogP contribution in [0.5, 0.6) is 0 Å². The Kier molecular flexibility index (Phi) is 4.38. The van der Waals surface area contributed by atoms with Crippen molar-refractivity contribution in [3.05, 3.63) is 28.8 Å². The van der Waals surface area contributed by atoms with Gasteiger partial charge in [-0.2, -0.15) is 0 Å². The fourth-order valence-corrected chi connectivity index (χ4v) is 4.10. The Morgan fingerprint density at radius 3 is 2.57 bits per heavy atom. The summed E-state index contributed by atoms with van der Waals surface area (Å²) in [6.45, 7) is 0. The maximum atomic E-state index is 6.35. The van der Waals surface area contributed by atoms with Crippen molar-refractivity contribution in [2.45, 2.75) is 50.2 Å². The van der Waals surface area contributed by atoms with Crippen LogP contribution < -0.4 is 11.1 Å². The first kappa shape index (κ1) is 15.1. The molecule has 114 valence electrons. The average Bonchev–Trinajstić information content (AvgIpc) is 2.42. The van der Waals surface area contributed by atoms with Gasteiger partial charge < -0.3 is 16.0 Å². The van der Waals surface area contributed by atoms with E-state index in [1.807, 2.05) is 18.2 Å². The zero-order valence-electron chi connectivity index (χ0n) is 12.3. The molecule has 2 heterocycles. The van der Waals surface area contributed by atoms with Crippen molar-refractivity contribution in [1.82, 2.24) is 4.90 Å². The van der Waals surface area contributed by atoms with E-state index in [4.69, 9.17) is 29.6 Å². The number of hydrogen-bond donors (Lipinski definition) is 2. The summed E-state index contributed by atoms with van der Waals surface area (Å²) in [6.07, 6.45) is 6.40. The molecule has 0 spiro atoms. The van der Waals surface area contributed by atoms with Crippen LogP contribution in [-0.2, 0) is 0 Å². The standard InChI is InChI=1S/C16H22ClN3S/c1-20-12-3-2-4-13(20)9-11(8-12)19-15-6-5-10(16(18)21)7-14(15)17/h5-7,11-13,19H,2-4,8-9H2,1H3,(H2,18,21). The van der Waals surface area contributed by atoms with Gasteiger partial charge in [0.05, 0.1) is 10.7 Å². The highest BCUT2D eigenvalue weighted by atomic mass is 35.5. The minimum Gasteiger partial charge on any atom is -0.389 e. The van der Waals surface area contributed by atoms with E-state index in [2.05, 4.69) is 17.3 Å². The Labute approximate surface area is 136 Å². The number of piperidine rings is 2. The van der Waals surface area contributed by atoms with E-state index in [-0.39, 0.29) is 0 Å². The van der Waals surface area contributed by atoms with Gasteiger partial charge in [0.25, 0.3) is 0 Å². The second-order valence-corrected chi connectivity index (χ2v) is 7.12. The van der Waals surface area contributed by atoms with Crippen molar-refractivity contribution in [3.63, 3.8) is 0 Å². The van der Waals surface area contributed by atoms with E-state index < -0.39 is 0 Å². The van der Waals surface area contributed by atoms with Crippen LogP contribution in [-0.4, -0.2) is 35.1 Å². The lowest BCUT2D eigenvalue weighted by Crippen LogP contribution is -2.52. The SMILES string of the molecule is CN1C2CCCC1CC(Nc1ccc(C(N)=S)cc1Cl)C2. The Balaban J connectivity index is 1.71. The fraction of sp³-hybridized carbons (Fsp3) is 0.562.